The fourth-order valence-corrected chi connectivity index (χ4v) is 1.81. The lowest BCUT2D eigenvalue weighted by Crippen LogP contribution is -2.19. The minimum absolute atomic E-state index is 0.756. The Morgan fingerprint density at radius 2 is 2.06 bits per heavy atom. The van der Waals surface area contributed by atoms with Gasteiger partial charge in [-0.3, -0.25) is 5.10 Å². The molecule has 4 heteroatoms. The summed E-state index contributed by atoms with van der Waals surface area (Å²) >= 11 is 0. The third-order valence-corrected chi connectivity index (χ3v) is 2.94. The summed E-state index contributed by atoms with van der Waals surface area (Å²) in [5.41, 5.74) is 1.06. The molecule has 1 aliphatic carbocycles. The predicted octanol–water partition coefficient (Wildman–Crippen LogP) is 1.77. The first-order chi connectivity index (χ1) is 8.42. The lowest BCUT2D eigenvalue weighted by molar-refractivity contribution is 0.667. The van der Waals surface area contributed by atoms with E-state index in [4.69, 9.17) is 0 Å². The summed E-state index contributed by atoms with van der Waals surface area (Å²) < 4.78 is 0. The molecular formula is C13H16N4. The largest absolute Gasteiger partial charge is 0.314 e. The highest BCUT2D eigenvalue weighted by Gasteiger charge is 2.19. The van der Waals surface area contributed by atoms with Gasteiger partial charge in [0.15, 0.2) is 5.82 Å². The van der Waals surface area contributed by atoms with Crippen molar-refractivity contribution in [1.82, 2.24) is 20.5 Å². The molecule has 0 unspecified atom stereocenters. The third kappa shape index (κ3) is 2.71. The average molecular weight is 228 g/mol. The fraction of sp³-hybridized carbons (Fsp3) is 0.385. The Hall–Kier alpha value is -1.68. The molecule has 0 saturated heterocycles. The number of hydrogen-bond donors (Lipinski definition) is 2. The maximum Gasteiger partial charge on any atom is 0.181 e. The van der Waals surface area contributed by atoms with Gasteiger partial charge in [0.05, 0.1) is 0 Å². The second-order valence-corrected chi connectivity index (χ2v) is 4.45. The van der Waals surface area contributed by atoms with E-state index in [9.17, 15) is 0 Å². The maximum atomic E-state index is 4.49. The van der Waals surface area contributed by atoms with Crippen molar-refractivity contribution in [2.45, 2.75) is 25.3 Å². The molecule has 88 valence electrons. The van der Waals surface area contributed by atoms with Gasteiger partial charge in [-0.15, -0.1) is 0 Å². The zero-order valence-electron chi connectivity index (χ0n) is 9.69. The van der Waals surface area contributed by atoms with Crippen molar-refractivity contribution in [3.05, 3.63) is 36.2 Å². The van der Waals surface area contributed by atoms with Crippen LogP contribution in [0.3, 0.4) is 0 Å². The van der Waals surface area contributed by atoms with E-state index >= 15 is 0 Å². The first-order valence-corrected chi connectivity index (χ1v) is 6.12. The van der Waals surface area contributed by atoms with Crippen molar-refractivity contribution in [2.24, 2.45) is 0 Å². The molecule has 4 nitrogen and oxygen atoms in total. The highest BCUT2D eigenvalue weighted by Crippen LogP contribution is 2.18. The quantitative estimate of drug-likeness (QED) is 0.820. The molecule has 1 aromatic heterocycles. The summed E-state index contributed by atoms with van der Waals surface area (Å²) in [4.78, 5) is 4.49. The van der Waals surface area contributed by atoms with Crippen LogP contribution >= 0.6 is 0 Å². The van der Waals surface area contributed by atoms with Crippen LogP contribution in [0, 0.1) is 0 Å². The highest BCUT2D eigenvalue weighted by molar-refractivity contribution is 5.53. The molecule has 1 saturated carbocycles. The molecule has 1 aromatic carbocycles. The average Bonchev–Trinajstić information content (AvgIpc) is 3.07. The minimum Gasteiger partial charge on any atom is -0.314 e. The molecule has 0 spiro atoms. The van der Waals surface area contributed by atoms with E-state index in [1.54, 1.807) is 0 Å². The van der Waals surface area contributed by atoms with Crippen LogP contribution in [0.1, 0.15) is 18.7 Å². The zero-order valence-corrected chi connectivity index (χ0v) is 9.69. The van der Waals surface area contributed by atoms with E-state index in [0.717, 1.165) is 36.2 Å². The van der Waals surface area contributed by atoms with Crippen molar-refractivity contribution < 1.29 is 0 Å². The van der Waals surface area contributed by atoms with Gasteiger partial charge in [0.1, 0.15) is 5.82 Å². The summed E-state index contributed by atoms with van der Waals surface area (Å²) in [6.07, 6.45) is 3.56. The van der Waals surface area contributed by atoms with Gasteiger partial charge in [-0.1, -0.05) is 30.3 Å². The lowest BCUT2D eigenvalue weighted by atomic mass is 10.2. The van der Waals surface area contributed by atoms with E-state index < -0.39 is 0 Å². The Balaban J connectivity index is 1.61. The highest BCUT2D eigenvalue weighted by atomic mass is 15.2. The first-order valence-electron chi connectivity index (χ1n) is 6.12. The number of nitrogens with zero attached hydrogens (tertiary/aromatic N) is 2. The Kier molecular flexibility index (Phi) is 2.88. The number of aromatic amines is 1. The van der Waals surface area contributed by atoms with E-state index in [1.165, 1.54) is 12.8 Å². The molecular weight excluding hydrogens is 212 g/mol. The summed E-state index contributed by atoms with van der Waals surface area (Å²) in [7, 11) is 0. The number of aromatic nitrogens is 3. The van der Waals surface area contributed by atoms with Gasteiger partial charge in [-0.05, 0) is 12.8 Å². The molecule has 1 heterocycles. The van der Waals surface area contributed by atoms with Crippen molar-refractivity contribution in [3.8, 4) is 11.4 Å². The fourth-order valence-electron chi connectivity index (χ4n) is 1.81. The number of H-pyrrole nitrogens is 1. The van der Waals surface area contributed by atoms with Crippen LogP contribution in [-0.2, 0) is 6.42 Å². The van der Waals surface area contributed by atoms with Gasteiger partial charge < -0.3 is 5.32 Å². The van der Waals surface area contributed by atoms with E-state index in [-0.39, 0.29) is 0 Å². The molecule has 2 N–H and O–H groups in total. The second-order valence-electron chi connectivity index (χ2n) is 4.45. The number of nitrogens with one attached hydrogen (secondary N) is 2. The minimum atomic E-state index is 0.756. The molecule has 0 atom stereocenters. The molecule has 0 aliphatic heterocycles. The first kappa shape index (κ1) is 10.5. The molecule has 3 rings (SSSR count). The maximum absolute atomic E-state index is 4.49. The second kappa shape index (κ2) is 4.67. The van der Waals surface area contributed by atoms with Crippen LogP contribution < -0.4 is 5.32 Å². The topological polar surface area (TPSA) is 53.6 Å². The monoisotopic (exact) mass is 228 g/mol. The Morgan fingerprint density at radius 1 is 1.24 bits per heavy atom. The predicted molar refractivity (Wildman–Crippen MR) is 66.5 cm³/mol. The molecule has 1 fully saturated rings. The Morgan fingerprint density at radius 3 is 2.82 bits per heavy atom. The number of benzene rings is 1. The van der Waals surface area contributed by atoms with Gasteiger partial charge in [-0.25, -0.2) is 4.98 Å². The van der Waals surface area contributed by atoms with E-state index in [0.29, 0.717) is 0 Å². The standard InChI is InChI=1S/C13H16N4/c1-2-4-10(5-3-1)13-15-12(16-17-13)8-9-14-11-6-7-11/h1-5,11,14H,6-9H2,(H,15,16,17). The summed E-state index contributed by atoms with van der Waals surface area (Å²) in [5, 5.41) is 10.7. The zero-order chi connectivity index (χ0) is 11.5. The Bertz CT molecular complexity index is 473. The molecule has 0 bridgehead atoms. The van der Waals surface area contributed by atoms with E-state index in [1.807, 2.05) is 30.3 Å². The van der Waals surface area contributed by atoms with Crippen molar-refractivity contribution in [3.63, 3.8) is 0 Å². The van der Waals surface area contributed by atoms with Gasteiger partial charge in [0.2, 0.25) is 0 Å². The molecule has 1 aliphatic rings. The third-order valence-electron chi connectivity index (χ3n) is 2.94. The van der Waals surface area contributed by atoms with Crippen LogP contribution in [0.15, 0.2) is 30.3 Å². The summed E-state index contributed by atoms with van der Waals surface area (Å²) in [5.74, 6) is 1.74. The smallest absolute Gasteiger partial charge is 0.181 e. The van der Waals surface area contributed by atoms with Gasteiger partial charge in [-0.2, -0.15) is 5.10 Å². The molecule has 0 amide bonds. The normalized spacial score (nSPS) is 15.1. The number of hydrogen-bond acceptors (Lipinski definition) is 3. The Labute approximate surface area is 100 Å². The molecule has 17 heavy (non-hydrogen) atoms. The lowest BCUT2D eigenvalue weighted by Gasteiger charge is -1.98. The van der Waals surface area contributed by atoms with Crippen LogP contribution in [0.2, 0.25) is 0 Å². The van der Waals surface area contributed by atoms with Crippen molar-refractivity contribution >= 4 is 0 Å². The summed E-state index contributed by atoms with van der Waals surface area (Å²) in [6, 6.07) is 10.8. The van der Waals surface area contributed by atoms with Crippen molar-refractivity contribution in [1.29, 1.82) is 0 Å². The van der Waals surface area contributed by atoms with Gasteiger partial charge in [0.25, 0.3) is 0 Å². The number of rotatable bonds is 5. The van der Waals surface area contributed by atoms with Gasteiger partial charge in [0, 0.05) is 24.6 Å². The van der Waals surface area contributed by atoms with E-state index in [2.05, 4.69) is 20.5 Å². The van der Waals surface area contributed by atoms with Crippen LogP contribution in [-0.4, -0.2) is 27.8 Å². The van der Waals surface area contributed by atoms with Crippen LogP contribution in [0.25, 0.3) is 11.4 Å². The molecule has 2 aromatic rings. The molecule has 0 radical (unpaired) electrons. The van der Waals surface area contributed by atoms with Gasteiger partial charge >= 0.3 is 0 Å². The SMILES string of the molecule is c1ccc(-c2n[nH]c(CCNC3CC3)n2)cc1. The van der Waals surface area contributed by atoms with Crippen LogP contribution in [0.5, 0.6) is 0 Å². The van der Waals surface area contributed by atoms with Crippen molar-refractivity contribution in [2.75, 3.05) is 6.54 Å². The summed E-state index contributed by atoms with van der Waals surface area (Å²) in [6.45, 7) is 0.980. The van der Waals surface area contributed by atoms with Crippen LogP contribution in [0.4, 0.5) is 0 Å².